The molecule has 2 aliphatic rings. The number of rotatable bonds is 3. The van der Waals surface area contributed by atoms with Gasteiger partial charge in [-0.2, -0.15) is 0 Å². The number of nitrogens with one attached hydrogen (secondary N) is 1. The third kappa shape index (κ3) is 2.65. The fraction of sp³-hybridized carbons (Fsp3) is 0.533. The summed E-state index contributed by atoms with van der Waals surface area (Å²) in [7, 11) is 1.86. The Morgan fingerprint density at radius 1 is 1.26 bits per heavy atom. The van der Waals surface area contributed by atoms with Crippen molar-refractivity contribution in [1.29, 1.82) is 0 Å². The van der Waals surface area contributed by atoms with Crippen LogP contribution < -0.4 is 10.2 Å². The van der Waals surface area contributed by atoms with E-state index in [-0.39, 0.29) is 5.91 Å². The molecule has 2 unspecified atom stereocenters. The zero-order valence-corrected chi connectivity index (χ0v) is 11.4. The smallest absolute Gasteiger partial charge is 0.240 e. The summed E-state index contributed by atoms with van der Waals surface area (Å²) in [6.07, 6.45) is 0. The number of anilines is 1. The standard InChI is InChI=1S/C15H21N3O/c1-17(14-5-3-2-4-6-14)15(19)11-18-9-12-7-16-8-13(12)10-18/h2-6,12-13,16H,7-11H2,1H3. The Morgan fingerprint density at radius 3 is 2.53 bits per heavy atom. The molecule has 2 atom stereocenters. The number of carbonyl (C=O) groups excluding carboxylic acids is 1. The Kier molecular flexibility index (Phi) is 3.53. The van der Waals surface area contributed by atoms with Gasteiger partial charge >= 0.3 is 0 Å². The normalized spacial score (nSPS) is 26.4. The Morgan fingerprint density at radius 2 is 1.89 bits per heavy atom. The number of para-hydroxylation sites is 1. The monoisotopic (exact) mass is 259 g/mol. The van der Waals surface area contributed by atoms with Crippen molar-refractivity contribution >= 4 is 11.6 Å². The van der Waals surface area contributed by atoms with E-state index in [4.69, 9.17) is 0 Å². The van der Waals surface area contributed by atoms with E-state index in [0.717, 1.165) is 43.7 Å². The minimum Gasteiger partial charge on any atom is -0.316 e. The lowest BCUT2D eigenvalue weighted by atomic mass is 10.0. The lowest BCUT2D eigenvalue weighted by Crippen LogP contribution is -2.38. The van der Waals surface area contributed by atoms with Crippen molar-refractivity contribution in [2.45, 2.75) is 0 Å². The summed E-state index contributed by atoms with van der Waals surface area (Å²) in [5, 5.41) is 3.42. The number of amides is 1. The van der Waals surface area contributed by atoms with Crippen molar-refractivity contribution in [3.63, 3.8) is 0 Å². The number of benzene rings is 1. The summed E-state index contributed by atoms with van der Waals surface area (Å²) < 4.78 is 0. The van der Waals surface area contributed by atoms with Crippen LogP contribution in [0.5, 0.6) is 0 Å². The molecule has 102 valence electrons. The van der Waals surface area contributed by atoms with Crippen molar-refractivity contribution in [2.75, 3.05) is 44.7 Å². The van der Waals surface area contributed by atoms with Gasteiger partial charge in [0.05, 0.1) is 6.54 Å². The van der Waals surface area contributed by atoms with Gasteiger partial charge < -0.3 is 10.2 Å². The topological polar surface area (TPSA) is 35.6 Å². The highest BCUT2D eigenvalue weighted by Gasteiger charge is 2.36. The number of likely N-dealkylation sites (tertiary alicyclic amines) is 1. The molecule has 0 aliphatic carbocycles. The molecule has 2 saturated heterocycles. The van der Waals surface area contributed by atoms with Crippen LogP contribution in [0.1, 0.15) is 0 Å². The van der Waals surface area contributed by atoms with E-state index in [1.165, 1.54) is 0 Å². The molecule has 3 rings (SSSR count). The molecule has 2 heterocycles. The average Bonchev–Trinajstić information content (AvgIpc) is 2.99. The van der Waals surface area contributed by atoms with Crippen LogP contribution in [0.3, 0.4) is 0 Å². The van der Waals surface area contributed by atoms with Crippen LogP contribution in [-0.2, 0) is 4.79 Å². The van der Waals surface area contributed by atoms with E-state index in [2.05, 4.69) is 10.2 Å². The van der Waals surface area contributed by atoms with Crippen molar-refractivity contribution in [2.24, 2.45) is 11.8 Å². The van der Waals surface area contributed by atoms with E-state index in [1.54, 1.807) is 4.90 Å². The van der Waals surface area contributed by atoms with Gasteiger partial charge in [-0.15, -0.1) is 0 Å². The SMILES string of the molecule is CN(C(=O)CN1CC2CNCC2C1)c1ccccc1. The van der Waals surface area contributed by atoms with Crippen LogP contribution in [0.25, 0.3) is 0 Å². The Bertz CT molecular complexity index is 436. The first-order chi connectivity index (χ1) is 9.24. The molecule has 1 N–H and O–H groups in total. The fourth-order valence-electron chi connectivity index (χ4n) is 3.17. The molecule has 0 radical (unpaired) electrons. The second-order valence-corrected chi connectivity index (χ2v) is 5.66. The van der Waals surface area contributed by atoms with Gasteiger partial charge in [-0.1, -0.05) is 18.2 Å². The van der Waals surface area contributed by atoms with Crippen LogP contribution in [0.2, 0.25) is 0 Å². The molecule has 1 amide bonds. The summed E-state index contributed by atoms with van der Waals surface area (Å²) in [6, 6.07) is 9.84. The zero-order valence-electron chi connectivity index (χ0n) is 11.4. The highest BCUT2D eigenvalue weighted by Crippen LogP contribution is 2.26. The van der Waals surface area contributed by atoms with Crippen molar-refractivity contribution in [3.05, 3.63) is 30.3 Å². The predicted molar refractivity (Wildman–Crippen MR) is 76.1 cm³/mol. The van der Waals surface area contributed by atoms with Crippen LogP contribution in [-0.4, -0.2) is 50.6 Å². The van der Waals surface area contributed by atoms with E-state index < -0.39 is 0 Å². The minimum atomic E-state index is 0.180. The number of hydrogen-bond donors (Lipinski definition) is 1. The van der Waals surface area contributed by atoms with E-state index in [9.17, 15) is 4.79 Å². The maximum Gasteiger partial charge on any atom is 0.240 e. The summed E-state index contributed by atoms with van der Waals surface area (Å²) in [5.74, 6) is 1.67. The molecular weight excluding hydrogens is 238 g/mol. The van der Waals surface area contributed by atoms with Gasteiger partial charge in [0.2, 0.25) is 5.91 Å². The maximum atomic E-state index is 12.3. The summed E-state index contributed by atoms with van der Waals surface area (Å²) in [5.41, 5.74) is 0.966. The average molecular weight is 259 g/mol. The zero-order chi connectivity index (χ0) is 13.2. The largest absolute Gasteiger partial charge is 0.316 e. The summed E-state index contributed by atoms with van der Waals surface area (Å²) >= 11 is 0. The molecular formula is C15H21N3O. The van der Waals surface area contributed by atoms with Crippen LogP contribution in [0, 0.1) is 11.8 Å². The highest BCUT2D eigenvalue weighted by molar-refractivity contribution is 5.94. The van der Waals surface area contributed by atoms with Gasteiger partial charge in [-0.25, -0.2) is 0 Å². The molecule has 1 aromatic rings. The van der Waals surface area contributed by atoms with Crippen molar-refractivity contribution in [3.8, 4) is 0 Å². The molecule has 4 heteroatoms. The van der Waals surface area contributed by atoms with E-state index in [1.807, 2.05) is 37.4 Å². The maximum absolute atomic E-state index is 12.3. The van der Waals surface area contributed by atoms with Gasteiger partial charge in [0.1, 0.15) is 0 Å². The highest BCUT2D eigenvalue weighted by atomic mass is 16.2. The predicted octanol–water partition coefficient (Wildman–Crippen LogP) is 0.801. The molecule has 19 heavy (non-hydrogen) atoms. The fourth-order valence-corrected chi connectivity index (χ4v) is 3.17. The van der Waals surface area contributed by atoms with E-state index >= 15 is 0 Å². The van der Waals surface area contributed by atoms with Gasteiger partial charge in [0, 0.05) is 25.8 Å². The van der Waals surface area contributed by atoms with Gasteiger partial charge in [0.25, 0.3) is 0 Å². The van der Waals surface area contributed by atoms with Gasteiger partial charge in [-0.3, -0.25) is 9.69 Å². The molecule has 0 saturated carbocycles. The third-order valence-electron chi connectivity index (χ3n) is 4.34. The van der Waals surface area contributed by atoms with Crippen LogP contribution in [0.4, 0.5) is 5.69 Å². The van der Waals surface area contributed by atoms with E-state index in [0.29, 0.717) is 6.54 Å². The first-order valence-electron chi connectivity index (χ1n) is 6.98. The molecule has 0 aromatic heterocycles. The lowest BCUT2D eigenvalue weighted by Gasteiger charge is -2.22. The molecule has 1 aromatic carbocycles. The molecule has 2 fully saturated rings. The van der Waals surface area contributed by atoms with Crippen LogP contribution >= 0.6 is 0 Å². The molecule has 0 bridgehead atoms. The summed E-state index contributed by atoms with van der Waals surface area (Å²) in [6.45, 7) is 4.89. The number of hydrogen-bond acceptors (Lipinski definition) is 3. The Labute approximate surface area is 114 Å². The second kappa shape index (κ2) is 5.31. The third-order valence-corrected chi connectivity index (χ3v) is 4.34. The van der Waals surface area contributed by atoms with Crippen LogP contribution in [0.15, 0.2) is 30.3 Å². The van der Waals surface area contributed by atoms with Crippen molar-refractivity contribution < 1.29 is 4.79 Å². The van der Waals surface area contributed by atoms with Gasteiger partial charge in [0.15, 0.2) is 0 Å². The second-order valence-electron chi connectivity index (χ2n) is 5.66. The Hall–Kier alpha value is -1.39. The first-order valence-corrected chi connectivity index (χ1v) is 6.98. The summed E-state index contributed by atoms with van der Waals surface area (Å²) in [4.78, 5) is 16.3. The molecule has 0 spiro atoms. The minimum absolute atomic E-state index is 0.180. The lowest BCUT2D eigenvalue weighted by molar-refractivity contribution is -0.119. The first kappa shape index (κ1) is 12.6. The van der Waals surface area contributed by atoms with Gasteiger partial charge in [-0.05, 0) is 37.1 Å². The molecule has 4 nitrogen and oxygen atoms in total. The number of likely N-dealkylation sites (N-methyl/N-ethyl adjacent to an activating group) is 1. The number of nitrogens with zero attached hydrogens (tertiary/aromatic N) is 2. The molecule has 2 aliphatic heterocycles. The Balaban J connectivity index is 1.57. The van der Waals surface area contributed by atoms with Crippen molar-refractivity contribution in [1.82, 2.24) is 10.2 Å². The quantitative estimate of drug-likeness (QED) is 0.872. The number of carbonyl (C=O) groups is 1. The number of fused-ring (bicyclic) bond motifs is 1.